The summed E-state index contributed by atoms with van der Waals surface area (Å²) in [4.78, 5) is 13.0. The van der Waals surface area contributed by atoms with Crippen LogP contribution in [0.3, 0.4) is 0 Å². The molecular weight excluding hydrogens is 246 g/mol. The highest BCUT2D eigenvalue weighted by Gasteiger charge is 2.33. The molecule has 0 aromatic rings. The first-order valence-corrected chi connectivity index (χ1v) is 6.59. The molecule has 19 heavy (non-hydrogen) atoms. The number of morpholine rings is 1. The fraction of sp³-hybridized carbons (Fsp3) is 0.786. The van der Waals surface area contributed by atoms with Crippen LogP contribution >= 0.6 is 0 Å². The molecule has 0 bridgehead atoms. The number of aliphatic carboxylic acids is 1. The molecule has 110 valence electrons. The van der Waals surface area contributed by atoms with Gasteiger partial charge in [0.1, 0.15) is 0 Å². The van der Waals surface area contributed by atoms with Crippen molar-refractivity contribution >= 4 is 5.97 Å². The molecule has 0 radical (unpaired) electrons. The van der Waals surface area contributed by atoms with Gasteiger partial charge in [-0.2, -0.15) is 0 Å². The molecule has 1 N–H and O–H groups in total. The van der Waals surface area contributed by atoms with Crippen LogP contribution in [0, 0.1) is 0 Å². The topological polar surface area (TPSA) is 59.0 Å². The molecule has 1 saturated heterocycles. The van der Waals surface area contributed by atoms with E-state index in [1.165, 1.54) is 5.57 Å². The highest BCUT2D eigenvalue weighted by atomic mass is 16.5. The van der Waals surface area contributed by atoms with Gasteiger partial charge in [0.25, 0.3) is 0 Å². The van der Waals surface area contributed by atoms with Crippen molar-refractivity contribution in [1.82, 2.24) is 4.90 Å². The summed E-state index contributed by atoms with van der Waals surface area (Å²) < 4.78 is 10.9. The molecular formula is C14H25NO4. The smallest absolute Gasteiger partial charge is 0.306 e. The molecule has 0 aromatic carbocycles. The molecule has 0 aromatic heterocycles. The number of nitrogens with zero attached hydrogens (tertiary/aromatic N) is 1. The molecule has 1 aliphatic heterocycles. The quantitative estimate of drug-likeness (QED) is 0.742. The van der Waals surface area contributed by atoms with Crippen molar-refractivity contribution in [2.45, 2.75) is 38.9 Å². The number of carboxylic acid groups (broad SMARTS) is 1. The van der Waals surface area contributed by atoms with E-state index in [9.17, 15) is 4.79 Å². The first kappa shape index (κ1) is 16.1. The summed E-state index contributed by atoms with van der Waals surface area (Å²) in [6.45, 7) is 8.93. The predicted molar refractivity (Wildman–Crippen MR) is 73.3 cm³/mol. The Morgan fingerprint density at radius 2 is 2.26 bits per heavy atom. The number of ether oxygens (including phenoxy) is 2. The van der Waals surface area contributed by atoms with Crippen LogP contribution in [-0.4, -0.2) is 61.0 Å². The molecule has 1 fully saturated rings. The highest BCUT2D eigenvalue weighted by Crippen LogP contribution is 2.22. The van der Waals surface area contributed by atoms with Gasteiger partial charge in [-0.25, -0.2) is 0 Å². The van der Waals surface area contributed by atoms with Gasteiger partial charge in [-0.3, -0.25) is 9.69 Å². The molecule has 0 amide bonds. The van der Waals surface area contributed by atoms with E-state index in [1.807, 2.05) is 20.8 Å². The van der Waals surface area contributed by atoms with Crippen LogP contribution in [0.1, 0.15) is 27.2 Å². The molecule has 1 aliphatic rings. The van der Waals surface area contributed by atoms with Crippen LogP contribution in [-0.2, 0) is 14.3 Å². The Morgan fingerprint density at radius 1 is 1.58 bits per heavy atom. The van der Waals surface area contributed by atoms with Gasteiger partial charge in [0, 0.05) is 26.7 Å². The maximum atomic E-state index is 10.8. The fourth-order valence-corrected chi connectivity index (χ4v) is 2.43. The minimum Gasteiger partial charge on any atom is -0.481 e. The third-order valence-corrected chi connectivity index (χ3v) is 3.02. The fourth-order valence-electron chi connectivity index (χ4n) is 2.43. The zero-order valence-corrected chi connectivity index (χ0v) is 12.3. The Morgan fingerprint density at radius 3 is 2.84 bits per heavy atom. The zero-order chi connectivity index (χ0) is 14.5. The van der Waals surface area contributed by atoms with Crippen LogP contribution in [0.2, 0.25) is 0 Å². The van der Waals surface area contributed by atoms with Gasteiger partial charge in [-0.1, -0.05) is 11.6 Å². The summed E-state index contributed by atoms with van der Waals surface area (Å²) in [6.07, 6.45) is 1.95. The molecule has 1 heterocycles. The van der Waals surface area contributed by atoms with E-state index in [-0.39, 0.29) is 18.1 Å². The van der Waals surface area contributed by atoms with Crippen molar-refractivity contribution in [3.8, 4) is 0 Å². The minimum absolute atomic E-state index is 0.0562. The van der Waals surface area contributed by atoms with E-state index < -0.39 is 5.97 Å². The van der Waals surface area contributed by atoms with Crippen molar-refractivity contribution in [1.29, 1.82) is 0 Å². The second-order valence-electron chi connectivity index (χ2n) is 5.77. The zero-order valence-electron chi connectivity index (χ0n) is 12.3. The lowest BCUT2D eigenvalue weighted by molar-refractivity contribution is -0.157. The van der Waals surface area contributed by atoms with Gasteiger partial charge in [-0.05, 0) is 20.8 Å². The highest BCUT2D eigenvalue weighted by molar-refractivity contribution is 5.67. The number of carbonyl (C=O) groups is 1. The predicted octanol–water partition coefficient (Wildman–Crippen LogP) is 1.53. The number of carboxylic acids is 1. The summed E-state index contributed by atoms with van der Waals surface area (Å²) >= 11 is 0. The van der Waals surface area contributed by atoms with Gasteiger partial charge in [-0.15, -0.1) is 0 Å². The third-order valence-electron chi connectivity index (χ3n) is 3.02. The molecule has 0 saturated carbocycles. The normalized spacial score (nSPS) is 24.4. The van der Waals surface area contributed by atoms with Crippen molar-refractivity contribution in [3.63, 3.8) is 0 Å². The second-order valence-corrected chi connectivity index (χ2v) is 5.77. The number of hydrogen-bond donors (Lipinski definition) is 1. The summed E-state index contributed by atoms with van der Waals surface area (Å²) in [5.41, 5.74) is 0.878. The lowest BCUT2D eigenvalue weighted by Crippen LogP contribution is -2.53. The average Bonchev–Trinajstić information content (AvgIpc) is 2.23. The molecule has 0 spiro atoms. The van der Waals surface area contributed by atoms with E-state index in [4.69, 9.17) is 14.6 Å². The monoisotopic (exact) mass is 271 g/mol. The Labute approximate surface area is 115 Å². The number of hydrogen-bond acceptors (Lipinski definition) is 4. The average molecular weight is 271 g/mol. The van der Waals surface area contributed by atoms with Crippen LogP contribution in [0.15, 0.2) is 11.6 Å². The van der Waals surface area contributed by atoms with Crippen molar-refractivity contribution < 1.29 is 19.4 Å². The maximum absolute atomic E-state index is 10.8. The molecule has 5 heteroatoms. The van der Waals surface area contributed by atoms with Crippen molar-refractivity contribution in [3.05, 3.63) is 11.6 Å². The van der Waals surface area contributed by atoms with E-state index in [0.717, 1.165) is 13.1 Å². The first-order chi connectivity index (χ1) is 8.82. The Balaban J connectivity index is 2.57. The first-order valence-electron chi connectivity index (χ1n) is 6.59. The lowest BCUT2D eigenvalue weighted by atomic mass is 10.0. The maximum Gasteiger partial charge on any atom is 0.306 e. The largest absolute Gasteiger partial charge is 0.481 e. The van der Waals surface area contributed by atoms with E-state index >= 15 is 0 Å². The van der Waals surface area contributed by atoms with Crippen molar-refractivity contribution in [2.24, 2.45) is 0 Å². The van der Waals surface area contributed by atoms with Gasteiger partial charge in [0.2, 0.25) is 0 Å². The van der Waals surface area contributed by atoms with E-state index in [2.05, 4.69) is 11.0 Å². The van der Waals surface area contributed by atoms with Gasteiger partial charge >= 0.3 is 5.97 Å². The van der Waals surface area contributed by atoms with E-state index in [0.29, 0.717) is 13.2 Å². The van der Waals surface area contributed by atoms with Gasteiger partial charge < -0.3 is 14.6 Å². The molecule has 1 unspecified atom stereocenters. The molecule has 5 nitrogen and oxygen atoms in total. The van der Waals surface area contributed by atoms with Crippen LogP contribution in [0.4, 0.5) is 0 Å². The number of rotatable bonds is 6. The summed E-state index contributed by atoms with van der Waals surface area (Å²) in [6, 6.07) is 0. The van der Waals surface area contributed by atoms with Gasteiger partial charge in [0.05, 0.1) is 24.7 Å². The van der Waals surface area contributed by atoms with Crippen LogP contribution in [0.25, 0.3) is 0 Å². The Kier molecular flexibility index (Phi) is 5.97. The third kappa shape index (κ3) is 6.18. The minimum atomic E-state index is -0.811. The second kappa shape index (κ2) is 7.03. The Bertz CT molecular complexity index is 338. The standard InChI is InChI=1S/C14H25NO4/c1-11(9-18-4)5-6-15-8-12(7-13(16)17)19-14(2,3)10-15/h5,12H,6-10H2,1-4H3,(H,16,17)/b11-5+. The summed E-state index contributed by atoms with van der Waals surface area (Å²) in [5.74, 6) is -0.811. The van der Waals surface area contributed by atoms with Crippen LogP contribution < -0.4 is 0 Å². The van der Waals surface area contributed by atoms with Crippen molar-refractivity contribution in [2.75, 3.05) is 33.4 Å². The van der Waals surface area contributed by atoms with E-state index in [1.54, 1.807) is 7.11 Å². The molecule has 1 rings (SSSR count). The lowest BCUT2D eigenvalue weighted by Gasteiger charge is -2.42. The summed E-state index contributed by atoms with van der Waals surface area (Å²) in [5, 5.41) is 8.88. The molecule has 1 atom stereocenters. The SMILES string of the molecule is COC/C(C)=C/CN1CC(CC(=O)O)OC(C)(C)C1. The van der Waals surface area contributed by atoms with Gasteiger partial charge in [0.15, 0.2) is 0 Å². The summed E-state index contributed by atoms with van der Waals surface area (Å²) in [7, 11) is 1.68. The Hall–Kier alpha value is -0.910. The van der Waals surface area contributed by atoms with Crippen LogP contribution in [0.5, 0.6) is 0 Å². The number of methoxy groups -OCH3 is 1. The molecule has 0 aliphatic carbocycles.